The molecule has 5 nitrogen and oxygen atoms in total. The lowest BCUT2D eigenvalue weighted by molar-refractivity contribution is -0.131. The van der Waals surface area contributed by atoms with Crippen molar-refractivity contribution in [2.45, 2.75) is 39.7 Å². The highest BCUT2D eigenvalue weighted by molar-refractivity contribution is 5.76. The summed E-state index contributed by atoms with van der Waals surface area (Å²) < 4.78 is 35.0. The number of nitrogens with zero attached hydrogens (tertiary/aromatic N) is 3. The van der Waals surface area contributed by atoms with Gasteiger partial charge in [-0.2, -0.15) is 5.10 Å². The molecule has 0 unspecified atom stereocenters. The first-order valence-electron chi connectivity index (χ1n) is 9.80. The highest BCUT2D eigenvalue weighted by atomic mass is 19.1. The van der Waals surface area contributed by atoms with Crippen molar-refractivity contribution in [3.05, 3.63) is 71.4 Å². The lowest BCUT2D eigenvalue weighted by Crippen LogP contribution is -2.33. The van der Waals surface area contributed by atoms with E-state index in [1.807, 2.05) is 51.1 Å². The average Bonchev–Trinajstić information content (AvgIpc) is 3.03. The predicted molar refractivity (Wildman–Crippen MR) is 111 cm³/mol. The number of hydrogen-bond acceptors (Lipinski definition) is 3. The van der Waals surface area contributed by atoms with Gasteiger partial charge in [-0.1, -0.05) is 18.2 Å². The number of para-hydroxylation sites is 1. The Morgan fingerprint density at radius 2 is 1.87 bits per heavy atom. The smallest absolute Gasteiger partial charge is 0.226 e. The molecular weight excluding hydrogens is 388 g/mol. The van der Waals surface area contributed by atoms with Crippen LogP contribution in [0, 0.1) is 18.6 Å². The summed E-state index contributed by atoms with van der Waals surface area (Å²) in [6.45, 7) is 5.71. The molecule has 30 heavy (non-hydrogen) atoms. The number of carbonyl (C=O) groups excluding carboxylic acids is 1. The molecule has 1 aromatic heterocycles. The summed E-state index contributed by atoms with van der Waals surface area (Å²) in [6, 6.07) is 12.5. The van der Waals surface area contributed by atoms with Crippen molar-refractivity contribution in [3.8, 4) is 17.3 Å². The Bertz CT molecular complexity index is 1030. The molecule has 3 aromatic rings. The molecule has 0 aliphatic carbocycles. The number of halogens is 2. The van der Waals surface area contributed by atoms with Gasteiger partial charge < -0.3 is 9.64 Å². The Kier molecular flexibility index (Phi) is 6.50. The van der Waals surface area contributed by atoms with E-state index >= 15 is 0 Å². The molecule has 0 fully saturated rings. The van der Waals surface area contributed by atoms with Crippen LogP contribution >= 0.6 is 0 Å². The van der Waals surface area contributed by atoms with Crippen molar-refractivity contribution in [1.29, 1.82) is 0 Å². The van der Waals surface area contributed by atoms with Gasteiger partial charge >= 0.3 is 0 Å². The highest BCUT2D eigenvalue weighted by Crippen LogP contribution is 2.33. The normalized spacial score (nSPS) is 11.0. The molecule has 0 bridgehead atoms. The SMILES string of the molecule is Cc1nn(-c2ccccc2)c(Oc2ccc(F)cc2F)c1CCC(=O)N(C)C(C)C. The molecule has 0 aliphatic rings. The number of aryl methyl sites for hydroxylation is 1. The van der Waals surface area contributed by atoms with E-state index in [0.717, 1.165) is 17.8 Å². The van der Waals surface area contributed by atoms with E-state index in [1.165, 1.54) is 6.07 Å². The number of ether oxygens (including phenoxy) is 1. The molecule has 7 heteroatoms. The first-order valence-corrected chi connectivity index (χ1v) is 9.80. The van der Waals surface area contributed by atoms with E-state index in [0.29, 0.717) is 23.6 Å². The van der Waals surface area contributed by atoms with Gasteiger partial charge in [0.25, 0.3) is 0 Å². The molecular formula is C23H25F2N3O2. The number of rotatable bonds is 7. The highest BCUT2D eigenvalue weighted by Gasteiger charge is 2.22. The minimum atomic E-state index is -0.810. The van der Waals surface area contributed by atoms with Crippen molar-refractivity contribution < 1.29 is 18.3 Å². The minimum absolute atomic E-state index is 0.00391. The topological polar surface area (TPSA) is 47.4 Å². The second-order valence-electron chi connectivity index (χ2n) is 7.39. The summed E-state index contributed by atoms with van der Waals surface area (Å²) in [5, 5.41) is 4.55. The average molecular weight is 413 g/mol. The van der Waals surface area contributed by atoms with Crippen LogP contribution in [-0.2, 0) is 11.2 Å². The van der Waals surface area contributed by atoms with Crippen LogP contribution in [0.3, 0.4) is 0 Å². The zero-order chi connectivity index (χ0) is 21.8. The lowest BCUT2D eigenvalue weighted by Gasteiger charge is -2.21. The molecule has 0 atom stereocenters. The molecule has 1 amide bonds. The zero-order valence-electron chi connectivity index (χ0n) is 17.5. The van der Waals surface area contributed by atoms with Crippen molar-refractivity contribution in [2.75, 3.05) is 7.05 Å². The Hall–Kier alpha value is -3.22. The molecule has 0 saturated carbocycles. The molecule has 0 saturated heterocycles. The van der Waals surface area contributed by atoms with Gasteiger partial charge in [-0.15, -0.1) is 0 Å². The molecule has 0 aliphatic heterocycles. The standard InChI is InChI=1S/C23H25F2N3O2/c1-15(2)27(4)22(29)13-11-19-16(3)26-28(18-8-6-5-7-9-18)23(19)30-21-12-10-17(24)14-20(21)25/h5-10,12,14-15H,11,13H2,1-4H3. The number of hydrogen-bond donors (Lipinski definition) is 0. The van der Waals surface area contributed by atoms with Crippen LogP contribution in [0.4, 0.5) is 8.78 Å². The van der Waals surface area contributed by atoms with E-state index in [2.05, 4.69) is 5.10 Å². The van der Waals surface area contributed by atoms with Gasteiger partial charge in [-0.25, -0.2) is 13.5 Å². The van der Waals surface area contributed by atoms with Gasteiger partial charge in [0.05, 0.1) is 11.4 Å². The minimum Gasteiger partial charge on any atom is -0.436 e. The third-order valence-electron chi connectivity index (χ3n) is 5.00. The number of aromatic nitrogens is 2. The Morgan fingerprint density at radius 1 is 1.17 bits per heavy atom. The molecule has 1 heterocycles. The van der Waals surface area contributed by atoms with E-state index in [4.69, 9.17) is 4.74 Å². The Balaban J connectivity index is 1.99. The van der Waals surface area contributed by atoms with Crippen molar-refractivity contribution >= 4 is 5.91 Å². The first kappa shape index (κ1) is 21.5. The van der Waals surface area contributed by atoms with Crippen molar-refractivity contribution in [1.82, 2.24) is 14.7 Å². The molecule has 0 spiro atoms. The van der Waals surface area contributed by atoms with Gasteiger partial charge in [-0.3, -0.25) is 4.79 Å². The summed E-state index contributed by atoms with van der Waals surface area (Å²) >= 11 is 0. The number of carbonyl (C=O) groups is 1. The fraction of sp³-hybridized carbons (Fsp3) is 0.304. The van der Waals surface area contributed by atoms with E-state index < -0.39 is 11.6 Å². The number of amides is 1. The summed E-state index contributed by atoms with van der Waals surface area (Å²) in [7, 11) is 1.76. The summed E-state index contributed by atoms with van der Waals surface area (Å²) in [4.78, 5) is 14.1. The molecule has 0 radical (unpaired) electrons. The fourth-order valence-electron chi connectivity index (χ4n) is 3.03. The summed E-state index contributed by atoms with van der Waals surface area (Å²) in [6.07, 6.45) is 0.644. The maximum absolute atomic E-state index is 14.3. The zero-order valence-corrected chi connectivity index (χ0v) is 17.5. The predicted octanol–water partition coefficient (Wildman–Crippen LogP) is 5.05. The first-order chi connectivity index (χ1) is 14.3. The van der Waals surface area contributed by atoms with Crippen LogP contribution in [-0.4, -0.2) is 33.7 Å². The Labute approximate surface area is 174 Å². The van der Waals surface area contributed by atoms with Crippen LogP contribution in [0.5, 0.6) is 11.6 Å². The summed E-state index contributed by atoms with van der Waals surface area (Å²) in [5.41, 5.74) is 2.11. The van der Waals surface area contributed by atoms with E-state index in [-0.39, 0.29) is 24.1 Å². The monoisotopic (exact) mass is 413 g/mol. The summed E-state index contributed by atoms with van der Waals surface area (Å²) in [5.74, 6) is -1.30. The van der Waals surface area contributed by atoms with Gasteiger partial charge in [0.1, 0.15) is 5.82 Å². The largest absolute Gasteiger partial charge is 0.436 e. The van der Waals surface area contributed by atoms with Crippen LogP contribution in [0.2, 0.25) is 0 Å². The molecule has 3 rings (SSSR count). The fourth-order valence-corrected chi connectivity index (χ4v) is 3.03. The maximum atomic E-state index is 14.3. The second-order valence-corrected chi connectivity index (χ2v) is 7.39. The van der Waals surface area contributed by atoms with Gasteiger partial charge in [-0.05, 0) is 51.5 Å². The lowest BCUT2D eigenvalue weighted by atomic mass is 10.1. The van der Waals surface area contributed by atoms with Gasteiger partial charge in [0.15, 0.2) is 11.6 Å². The molecule has 2 aromatic carbocycles. The van der Waals surface area contributed by atoms with Crippen LogP contribution in [0.15, 0.2) is 48.5 Å². The van der Waals surface area contributed by atoms with E-state index in [1.54, 1.807) is 16.6 Å². The third-order valence-corrected chi connectivity index (χ3v) is 5.00. The number of benzene rings is 2. The molecule has 0 N–H and O–H groups in total. The van der Waals surface area contributed by atoms with Crippen molar-refractivity contribution in [2.24, 2.45) is 0 Å². The Morgan fingerprint density at radius 3 is 2.50 bits per heavy atom. The van der Waals surface area contributed by atoms with Crippen LogP contribution < -0.4 is 4.74 Å². The van der Waals surface area contributed by atoms with Gasteiger partial charge in [0, 0.05) is 31.1 Å². The maximum Gasteiger partial charge on any atom is 0.226 e. The quantitative estimate of drug-likeness (QED) is 0.545. The van der Waals surface area contributed by atoms with E-state index in [9.17, 15) is 13.6 Å². The second kappa shape index (κ2) is 9.07. The van der Waals surface area contributed by atoms with Crippen LogP contribution in [0.1, 0.15) is 31.5 Å². The van der Waals surface area contributed by atoms with Crippen LogP contribution in [0.25, 0.3) is 5.69 Å². The van der Waals surface area contributed by atoms with Gasteiger partial charge in [0.2, 0.25) is 11.8 Å². The third kappa shape index (κ3) is 4.67. The molecule has 158 valence electrons. The van der Waals surface area contributed by atoms with Crippen molar-refractivity contribution in [3.63, 3.8) is 0 Å².